The number of aromatic nitrogens is 2. The molecule has 9 heteroatoms. The van der Waals surface area contributed by atoms with Crippen LogP contribution in [0.1, 0.15) is 6.42 Å². The molecular weight excluding hydrogens is 271 g/mol. The second kappa shape index (κ2) is 7.31. The molecule has 0 spiro atoms. The van der Waals surface area contributed by atoms with Crippen molar-refractivity contribution in [2.24, 2.45) is 5.92 Å². The van der Waals surface area contributed by atoms with Crippen LogP contribution in [0.5, 0.6) is 0 Å². The van der Waals surface area contributed by atoms with Crippen molar-refractivity contribution in [2.75, 3.05) is 20.3 Å². The molecule has 0 bridgehead atoms. The van der Waals surface area contributed by atoms with Crippen LogP contribution >= 0.6 is 0 Å². The predicted octanol–water partition coefficient (Wildman–Crippen LogP) is 0.424. The quantitative estimate of drug-likeness (QED) is 0.392. The monoisotopic (exact) mass is 286 g/mol. The molecule has 0 saturated carbocycles. The van der Waals surface area contributed by atoms with E-state index < -0.39 is 17.5 Å². The van der Waals surface area contributed by atoms with Crippen molar-refractivity contribution >= 4 is 17.9 Å². The van der Waals surface area contributed by atoms with Gasteiger partial charge in [-0.1, -0.05) is 0 Å². The average molecular weight is 286 g/mol. The number of aldehydes is 1. The Balaban J connectivity index is 2.68. The Morgan fingerprint density at radius 1 is 1.70 bits per heavy atom. The summed E-state index contributed by atoms with van der Waals surface area (Å²) in [6.45, 7) is -0.691. The molecular formula is C11H15FN4O4. The van der Waals surface area contributed by atoms with Gasteiger partial charge in [0.15, 0.2) is 6.67 Å². The van der Waals surface area contributed by atoms with Gasteiger partial charge in [-0.25, -0.2) is 4.39 Å². The molecule has 0 radical (unpaired) electrons. The number of carbonyl (C=O) groups is 2. The van der Waals surface area contributed by atoms with Crippen molar-refractivity contribution in [3.05, 3.63) is 22.5 Å². The molecule has 0 N–H and O–H groups in total. The lowest BCUT2D eigenvalue weighted by molar-refractivity contribution is -0.385. The Hall–Kier alpha value is -2.32. The van der Waals surface area contributed by atoms with E-state index in [1.54, 1.807) is 0 Å². The van der Waals surface area contributed by atoms with Crippen molar-refractivity contribution in [3.63, 3.8) is 0 Å². The molecule has 1 unspecified atom stereocenters. The summed E-state index contributed by atoms with van der Waals surface area (Å²) in [5.41, 5.74) is -0.150. The highest BCUT2D eigenvalue weighted by Crippen LogP contribution is 2.12. The Kier molecular flexibility index (Phi) is 5.75. The predicted molar refractivity (Wildman–Crippen MR) is 66.7 cm³/mol. The zero-order chi connectivity index (χ0) is 15.1. The molecule has 0 fully saturated rings. The summed E-state index contributed by atoms with van der Waals surface area (Å²) in [6.07, 6.45) is 3.19. The minimum absolute atomic E-state index is 0.150. The van der Waals surface area contributed by atoms with Crippen LogP contribution in [0.2, 0.25) is 0 Å². The van der Waals surface area contributed by atoms with E-state index in [0.29, 0.717) is 6.29 Å². The Morgan fingerprint density at radius 2 is 2.40 bits per heavy atom. The molecule has 1 aromatic heterocycles. The maximum atomic E-state index is 12.2. The summed E-state index contributed by atoms with van der Waals surface area (Å²) < 4.78 is 13.6. The van der Waals surface area contributed by atoms with E-state index in [9.17, 15) is 24.1 Å². The van der Waals surface area contributed by atoms with Crippen LogP contribution in [0.4, 0.5) is 10.1 Å². The van der Waals surface area contributed by atoms with Crippen LogP contribution < -0.4 is 0 Å². The fraction of sp³-hybridized carbons (Fsp3) is 0.545. The third kappa shape index (κ3) is 4.41. The number of rotatable bonds is 8. The van der Waals surface area contributed by atoms with Crippen LogP contribution in [0, 0.1) is 16.0 Å². The molecule has 0 saturated heterocycles. The van der Waals surface area contributed by atoms with Crippen LogP contribution in [0.25, 0.3) is 0 Å². The number of hydrogen-bond acceptors (Lipinski definition) is 5. The van der Waals surface area contributed by atoms with Crippen molar-refractivity contribution in [2.45, 2.75) is 13.0 Å². The van der Waals surface area contributed by atoms with Crippen LogP contribution in [0.15, 0.2) is 12.4 Å². The molecule has 1 atom stereocenters. The van der Waals surface area contributed by atoms with Gasteiger partial charge in [0.2, 0.25) is 0 Å². The maximum Gasteiger partial charge on any atom is 0.306 e. The molecule has 110 valence electrons. The molecule has 20 heavy (non-hydrogen) atoms. The van der Waals surface area contributed by atoms with Crippen molar-refractivity contribution < 1.29 is 18.9 Å². The number of carbonyl (C=O) groups excluding carboxylic acids is 2. The van der Waals surface area contributed by atoms with Gasteiger partial charge >= 0.3 is 5.69 Å². The summed E-state index contributed by atoms with van der Waals surface area (Å²) in [4.78, 5) is 32.9. The normalized spacial score (nSPS) is 11.9. The van der Waals surface area contributed by atoms with E-state index in [2.05, 4.69) is 5.10 Å². The molecule has 0 aliphatic rings. The molecule has 1 heterocycles. The van der Waals surface area contributed by atoms with Crippen LogP contribution in [0.3, 0.4) is 0 Å². The number of nitrogens with zero attached hydrogens (tertiary/aromatic N) is 4. The van der Waals surface area contributed by atoms with E-state index in [-0.39, 0.29) is 31.1 Å². The van der Waals surface area contributed by atoms with Gasteiger partial charge in [-0.3, -0.25) is 19.6 Å². The Labute approximate surface area is 114 Å². The summed E-state index contributed by atoms with van der Waals surface area (Å²) >= 11 is 0. The first-order chi connectivity index (χ1) is 9.47. The van der Waals surface area contributed by atoms with Gasteiger partial charge in [-0.05, 0) is 0 Å². The molecule has 1 amide bonds. The second-order valence-electron chi connectivity index (χ2n) is 4.35. The topological polar surface area (TPSA) is 98.3 Å². The van der Waals surface area contributed by atoms with Crippen molar-refractivity contribution in [1.29, 1.82) is 0 Å². The second-order valence-corrected chi connectivity index (χ2v) is 4.35. The van der Waals surface area contributed by atoms with Crippen molar-refractivity contribution in [3.8, 4) is 0 Å². The molecule has 8 nitrogen and oxygen atoms in total. The molecule has 1 aromatic rings. The van der Waals surface area contributed by atoms with Gasteiger partial charge in [0.1, 0.15) is 18.7 Å². The molecule has 0 aromatic carbocycles. The number of nitro groups is 1. The first-order valence-corrected chi connectivity index (χ1v) is 5.88. The maximum absolute atomic E-state index is 12.2. The standard InChI is InChI=1S/C11H15FN4O4/c1-14(11(18)4-12)6-9(2-3-17)7-15-8-10(5-13-15)16(19)20/h3,5,8-9H,2,4,6-7H2,1H3. The van der Waals surface area contributed by atoms with E-state index in [4.69, 9.17) is 0 Å². The molecule has 0 aliphatic heterocycles. The van der Waals surface area contributed by atoms with Gasteiger partial charge in [-0.2, -0.15) is 5.10 Å². The van der Waals surface area contributed by atoms with Crippen LogP contribution in [-0.2, 0) is 16.1 Å². The lowest BCUT2D eigenvalue weighted by Gasteiger charge is -2.22. The smallest absolute Gasteiger partial charge is 0.306 e. The summed E-state index contributed by atoms with van der Waals surface area (Å²) in [5, 5.41) is 14.3. The highest BCUT2D eigenvalue weighted by Gasteiger charge is 2.18. The summed E-state index contributed by atoms with van der Waals surface area (Å²) in [7, 11) is 1.44. The van der Waals surface area contributed by atoms with Gasteiger partial charge in [0.25, 0.3) is 5.91 Å². The fourth-order valence-corrected chi connectivity index (χ4v) is 1.75. The van der Waals surface area contributed by atoms with E-state index in [0.717, 1.165) is 6.20 Å². The lowest BCUT2D eigenvalue weighted by atomic mass is 10.1. The minimum Gasteiger partial charge on any atom is -0.343 e. The minimum atomic E-state index is -1.10. The third-order valence-electron chi connectivity index (χ3n) is 2.78. The van der Waals surface area contributed by atoms with Gasteiger partial charge in [0, 0.05) is 32.5 Å². The van der Waals surface area contributed by atoms with E-state index in [1.807, 2.05) is 0 Å². The molecule has 1 rings (SSSR count). The first-order valence-electron chi connectivity index (χ1n) is 5.88. The zero-order valence-corrected chi connectivity index (χ0v) is 10.9. The third-order valence-corrected chi connectivity index (χ3v) is 2.78. The van der Waals surface area contributed by atoms with Crippen molar-refractivity contribution in [1.82, 2.24) is 14.7 Å². The first kappa shape index (κ1) is 15.7. The lowest BCUT2D eigenvalue weighted by Crippen LogP contribution is -2.34. The summed E-state index contributed by atoms with van der Waals surface area (Å²) in [6, 6.07) is 0. The SMILES string of the molecule is CN(CC(CC=O)Cn1cc([N+](=O)[O-])cn1)C(=O)CF. The summed E-state index contributed by atoms with van der Waals surface area (Å²) in [5.74, 6) is -0.958. The van der Waals surface area contributed by atoms with Gasteiger partial charge < -0.3 is 9.69 Å². The highest BCUT2D eigenvalue weighted by molar-refractivity contribution is 5.76. The van der Waals surface area contributed by atoms with Crippen LogP contribution in [-0.4, -0.2) is 52.1 Å². The number of hydrogen-bond donors (Lipinski definition) is 0. The largest absolute Gasteiger partial charge is 0.343 e. The van der Waals surface area contributed by atoms with Gasteiger partial charge in [-0.15, -0.1) is 0 Å². The Bertz CT molecular complexity index is 491. The van der Waals surface area contributed by atoms with E-state index in [1.165, 1.54) is 22.8 Å². The number of amides is 1. The Morgan fingerprint density at radius 3 is 2.90 bits per heavy atom. The molecule has 0 aliphatic carbocycles. The fourth-order valence-electron chi connectivity index (χ4n) is 1.75. The highest BCUT2D eigenvalue weighted by atomic mass is 19.1. The number of alkyl halides is 1. The number of halogens is 1. The van der Waals surface area contributed by atoms with Gasteiger partial charge in [0.05, 0.1) is 4.92 Å². The average Bonchev–Trinajstić information content (AvgIpc) is 2.86. The zero-order valence-electron chi connectivity index (χ0n) is 10.9. The van der Waals surface area contributed by atoms with E-state index >= 15 is 0 Å².